The maximum Gasteiger partial charge on any atom is 0.227 e. The molecule has 1 aromatic rings. The van der Waals surface area contributed by atoms with Gasteiger partial charge in [0.05, 0.1) is 21.4 Å². The van der Waals surface area contributed by atoms with Gasteiger partial charge in [0.1, 0.15) is 0 Å². The molecule has 1 heterocycles. The number of piperidine rings is 1. The molecule has 2 rings (SSSR count). The summed E-state index contributed by atoms with van der Waals surface area (Å²) >= 11 is 11.8. The molecule has 0 saturated carbocycles. The Balaban J connectivity index is 2.00. The third-order valence-corrected chi connectivity index (χ3v) is 4.38. The third kappa shape index (κ3) is 3.80. The summed E-state index contributed by atoms with van der Waals surface area (Å²) in [6.45, 7) is 2.74. The number of hydrogen-bond acceptors (Lipinski definition) is 3. The van der Waals surface area contributed by atoms with Gasteiger partial charge in [-0.15, -0.1) is 0 Å². The molecule has 0 unspecified atom stereocenters. The molecule has 114 valence electrons. The van der Waals surface area contributed by atoms with Crippen molar-refractivity contribution in [1.29, 1.82) is 0 Å². The van der Waals surface area contributed by atoms with E-state index in [2.05, 4.69) is 5.32 Å². The predicted molar refractivity (Wildman–Crippen MR) is 84.5 cm³/mol. The number of nitrogens with zero attached hydrogens (tertiary/aromatic N) is 1. The van der Waals surface area contributed by atoms with E-state index in [1.165, 1.54) is 13.0 Å². The molecular weight excluding hydrogens is 313 g/mol. The number of carbonyl (C=O) groups is 2. The number of nitrogens with two attached hydrogens (primary N) is 1. The van der Waals surface area contributed by atoms with Gasteiger partial charge in [-0.25, -0.2) is 0 Å². The lowest BCUT2D eigenvalue weighted by Gasteiger charge is -2.30. The number of amides is 2. The van der Waals surface area contributed by atoms with Crippen molar-refractivity contribution >= 4 is 46.4 Å². The van der Waals surface area contributed by atoms with Gasteiger partial charge in [0.2, 0.25) is 11.8 Å². The minimum absolute atomic E-state index is 0.0441. The Labute approximate surface area is 133 Å². The van der Waals surface area contributed by atoms with Crippen LogP contribution in [0.15, 0.2) is 12.1 Å². The van der Waals surface area contributed by atoms with Crippen LogP contribution in [0.3, 0.4) is 0 Å². The van der Waals surface area contributed by atoms with Gasteiger partial charge in [0.15, 0.2) is 0 Å². The number of hydrogen-bond donors (Lipinski definition) is 2. The highest BCUT2D eigenvalue weighted by Crippen LogP contribution is 2.31. The number of carbonyl (C=O) groups excluding carboxylic acids is 2. The Morgan fingerprint density at radius 2 is 1.81 bits per heavy atom. The summed E-state index contributed by atoms with van der Waals surface area (Å²) in [5.41, 5.74) is 6.65. The maximum atomic E-state index is 12.2. The van der Waals surface area contributed by atoms with Gasteiger partial charge in [0, 0.05) is 25.9 Å². The summed E-state index contributed by atoms with van der Waals surface area (Å²) in [6.07, 6.45) is 1.29. The van der Waals surface area contributed by atoms with Crippen molar-refractivity contribution in [2.75, 3.05) is 24.1 Å². The van der Waals surface area contributed by atoms with Crippen molar-refractivity contribution in [2.24, 2.45) is 5.92 Å². The van der Waals surface area contributed by atoms with Gasteiger partial charge in [-0.05, 0) is 25.0 Å². The third-order valence-electron chi connectivity index (χ3n) is 3.66. The second kappa shape index (κ2) is 6.54. The maximum absolute atomic E-state index is 12.2. The van der Waals surface area contributed by atoms with Crippen LogP contribution in [-0.2, 0) is 9.59 Å². The number of likely N-dealkylation sites (tertiary alicyclic amines) is 1. The zero-order valence-electron chi connectivity index (χ0n) is 11.7. The second-order valence-electron chi connectivity index (χ2n) is 5.12. The molecule has 2 amide bonds. The molecule has 1 fully saturated rings. The van der Waals surface area contributed by atoms with Crippen LogP contribution in [0.5, 0.6) is 0 Å². The molecule has 0 aromatic heterocycles. The quantitative estimate of drug-likeness (QED) is 0.819. The summed E-state index contributed by atoms with van der Waals surface area (Å²) < 4.78 is 0. The minimum Gasteiger partial charge on any atom is -0.397 e. The van der Waals surface area contributed by atoms with Crippen LogP contribution in [0, 0.1) is 5.92 Å². The fourth-order valence-corrected chi connectivity index (χ4v) is 2.70. The van der Waals surface area contributed by atoms with E-state index in [9.17, 15) is 9.59 Å². The van der Waals surface area contributed by atoms with Crippen LogP contribution >= 0.6 is 23.2 Å². The normalized spacial score (nSPS) is 15.9. The van der Waals surface area contributed by atoms with Gasteiger partial charge in [0.25, 0.3) is 0 Å². The van der Waals surface area contributed by atoms with Gasteiger partial charge in [-0.1, -0.05) is 23.2 Å². The highest BCUT2D eigenvalue weighted by molar-refractivity contribution is 6.42. The van der Waals surface area contributed by atoms with E-state index in [0.717, 1.165) is 0 Å². The molecule has 0 atom stereocenters. The molecular formula is C14H17Cl2N3O2. The summed E-state index contributed by atoms with van der Waals surface area (Å²) in [6, 6.07) is 3.06. The molecule has 0 radical (unpaired) electrons. The SMILES string of the molecule is CC(=O)N1CCC(C(=O)Nc2cc(Cl)c(Cl)cc2N)CC1. The standard InChI is InChI=1S/C14H17Cl2N3O2/c1-8(20)19-4-2-9(3-5-19)14(21)18-13-7-11(16)10(15)6-12(13)17/h6-7,9H,2-5,17H2,1H3,(H,18,21). The number of rotatable bonds is 2. The van der Waals surface area contributed by atoms with Crippen molar-refractivity contribution in [1.82, 2.24) is 4.90 Å². The molecule has 1 saturated heterocycles. The van der Waals surface area contributed by atoms with Crippen molar-refractivity contribution in [3.63, 3.8) is 0 Å². The first-order chi connectivity index (χ1) is 9.88. The molecule has 0 aliphatic carbocycles. The number of halogens is 2. The van der Waals surface area contributed by atoms with Crippen molar-refractivity contribution in [3.8, 4) is 0 Å². The number of anilines is 2. The smallest absolute Gasteiger partial charge is 0.227 e. The van der Waals surface area contributed by atoms with E-state index >= 15 is 0 Å². The van der Waals surface area contributed by atoms with Crippen molar-refractivity contribution < 1.29 is 9.59 Å². The van der Waals surface area contributed by atoms with Crippen molar-refractivity contribution in [3.05, 3.63) is 22.2 Å². The fourth-order valence-electron chi connectivity index (χ4n) is 2.36. The lowest BCUT2D eigenvalue weighted by atomic mass is 9.95. The molecule has 5 nitrogen and oxygen atoms in total. The molecule has 1 aromatic carbocycles. The Bertz CT molecular complexity index is 570. The topological polar surface area (TPSA) is 75.4 Å². The lowest BCUT2D eigenvalue weighted by Crippen LogP contribution is -2.40. The molecule has 21 heavy (non-hydrogen) atoms. The van der Waals surface area contributed by atoms with Crippen LogP contribution in [0.4, 0.5) is 11.4 Å². The fraction of sp³-hybridized carbons (Fsp3) is 0.429. The van der Waals surface area contributed by atoms with E-state index in [1.54, 1.807) is 11.0 Å². The second-order valence-corrected chi connectivity index (χ2v) is 5.94. The van der Waals surface area contributed by atoms with Crippen LogP contribution in [0.2, 0.25) is 10.0 Å². The first kappa shape index (κ1) is 15.9. The zero-order valence-corrected chi connectivity index (χ0v) is 13.2. The molecule has 0 spiro atoms. The van der Waals surface area contributed by atoms with E-state index in [-0.39, 0.29) is 17.7 Å². The Morgan fingerprint density at radius 3 is 2.38 bits per heavy atom. The highest BCUT2D eigenvalue weighted by atomic mass is 35.5. The number of nitrogens with one attached hydrogen (secondary N) is 1. The van der Waals surface area contributed by atoms with Crippen LogP contribution in [-0.4, -0.2) is 29.8 Å². The van der Waals surface area contributed by atoms with Gasteiger partial charge in [-0.2, -0.15) is 0 Å². The van der Waals surface area contributed by atoms with Gasteiger partial charge >= 0.3 is 0 Å². The van der Waals surface area contributed by atoms with Gasteiger partial charge < -0.3 is 16.0 Å². The zero-order chi connectivity index (χ0) is 15.6. The Hall–Kier alpha value is -1.46. The average Bonchev–Trinajstić information content (AvgIpc) is 2.44. The number of benzene rings is 1. The van der Waals surface area contributed by atoms with Crippen molar-refractivity contribution in [2.45, 2.75) is 19.8 Å². The molecule has 1 aliphatic heterocycles. The summed E-state index contributed by atoms with van der Waals surface area (Å²) in [4.78, 5) is 25.3. The summed E-state index contributed by atoms with van der Waals surface area (Å²) in [5.74, 6) is -0.194. The van der Waals surface area contributed by atoms with Crippen LogP contribution in [0.25, 0.3) is 0 Å². The van der Waals surface area contributed by atoms with Crippen LogP contribution in [0.1, 0.15) is 19.8 Å². The molecule has 7 heteroatoms. The van der Waals surface area contributed by atoms with Gasteiger partial charge in [-0.3, -0.25) is 9.59 Å². The monoisotopic (exact) mass is 329 g/mol. The predicted octanol–water partition coefficient (Wildman–Crippen LogP) is 2.77. The first-order valence-electron chi connectivity index (χ1n) is 6.69. The van der Waals surface area contributed by atoms with E-state index in [4.69, 9.17) is 28.9 Å². The summed E-state index contributed by atoms with van der Waals surface area (Å²) in [5, 5.41) is 3.47. The largest absolute Gasteiger partial charge is 0.397 e. The van der Waals surface area contributed by atoms with Crippen LogP contribution < -0.4 is 11.1 Å². The highest BCUT2D eigenvalue weighted by Gasteiger charge is 2.26. The lowest BCUT2D eigenvalue weighted by molar-refractivity contribution is -0.132. The molecule has 1 aliphatic rings. The van der Waals surface area contributed by atoms with E-state index in [0.29, 0.717) is 47.4 Å². The minimum atomic E-state index is -0.130. The Kier molecular flexibility index (Phi) is 4.96. The molecule has 0 bridgehead atoms. The summed E-state index contributed by atoms with van der Waals surface area (Å²) in [7, 11) is 0. The first-order valence-corrected chi connectivity index (χ1v) is 7.45. The number of nitrogen functional groups attached to an aromatic ring is 1. The Morgan fingerprint density at radius 1 is 1.24 bits per heavy atom. The molecule has 3 N–H and O–H groups in total. The van der Waals surface area contributed by atoms with E-state index < -0.39 is 0 Å². The van der Waals surface area contributed by atoms with E-state index in [1.807, 2.05) is 0 Å². The average molecular weight is 330 g/mol.